The second-order valence-electron chi connectivity index (χ2n) is 7.07. The molecule has 184 valence electrons. The molecule has 1 saturated heterocycles. The number of amides is 4. The third-order valence-electron chi connectivity index (χ3n) is 4.63. The number of carbonyl (C=O) groups is 5. The first-order chi connectivity index (χ1) is 16.1. The average Bonchev–Trinajstić information content (AvgIpc) is 2.80. The fourth-order valence-electron chi connectivity index (χ4n) is 3.06. The Morgan fingerprint density at radius 2 is 1.97 bits per heavy atom. The number of urea groups is 1. The van der Waals surface area contributed by atoms with Crippen LogP contribution >= 0.6 is 11.6 Å². The zero-order chi connectivity index (χ0) is 25.4. The number of rotatable bonds is 12. The molecule has 4 amide bonds. The molecule has 14 heteroatoms. The summed E-state index contributed by atoms with van der Waals surface area (Å²) in [5, 5.41) is 3.82. The molecule has 1 aromatic carbocycles. The number of hydrazine groups is 1. The molecule has 1 heterocycles. The molecule has 0 bridgehead atoms. The molecule has 0 saturated carbocycles. The number of ether oxygens (including phenoxy) is 1. The molecule has 1 aliphatic heterocycles. The van der Waals surface area contributed by atoms with Gasteiger partial charge in [0.1, 0.15) is 0 Å². The number of Topliss-reactive ketones (excluding diaryl/α,β-unsaturated/α-hetero) is 1. The summed E-state index contributed by atoms with van der Waals surface area (Å²) in [6.07, 6.45) is 0.250. The van der Waals surface area contributed by atoms with Crippen molar-refractivity contribution in [3.05, 3.63) is 47.0 Å². The minimum absolute atomic E-state index is 0.167. The monoisotopic (exact) mass is 513 g/mol. The lowest BCUT2D eigenvalue weighted by Crippen LogP contribution is -2.77. The van der Waals surface area contributed by atoms with Crippen molar-refractivity contribution < 1.29 is 33.3 Å². The quantitative estimate of drug-likeness (QED) is 0.0565. The van der Waals surface area contributed by atoms with Crippen molar-refractivity contribution in [3.63, 3.8) is 0 Å². The van der Waals surface area contributed by atoms with E-state index in [2.05, 4.69) is 27.5 Å². The maximum Gasteiger partial charge on any atom is 0.333 e. The number of halogens is 1. The van der Waals surface area contributed by atoms with E-state index in [0.717, 1.165) is 4.90 Å². The summed E-state index contributed by atoms with van der Waals surface area (Å²) in [4.78, 5) is 63.4. The number of nitrogens with one attached hydrogen (secondary N) is 4. The molecule has 0 spiro atoms. The lowest BCUT2D eigenvalue weighted by atomic mass is 9.99. The Bertz CT molecular complexity index is 961. The lowest BCUT2D eigenvalue weighted by Gasteiger charge is -2.47. The van der Waals surface area contributed by atoms with E-state index in [-0.39, 0.29) is 17.5 Å². The predicted octanol–water partition coefficient (Wildman–Crippen LogP) is -0.219. The smallest absolute Gasteiger partial charge is 0.333 e. The zero-order valence-corrected chi connectivity index (χ0v) is 19.9. The number of nitrogens with zero attached hydrogens (tertiary/aromatic N) is 1. The third kappa shape index (κ3) is 6.47. The van der Waals surface area contributed by atoms with E-state index in [4.69, 9.17) is 16.3 Å². The van der Waals surface area contributed by atoms with Crippen LogP contribution in [0.1, 0.15) is 24.2 Å². The maximum atomic E-state index is 12.8. The van der Waals surface area contributed by atoms with Crippen LogP contribution in [0.5, 0.6) is 0 Å². The molecule has 4 N–H and O–H groups in total. The second-order valence-corrected chi connectivity index (χ2v) is 8.79. The van der Waals surface area contributed by atoms with Gasteiger partial charge in [0.05, 0.1) is 11.4 Å². The molecular formula is C20H24ClN5O7S. The molecule has 1 aliphatic rings. The minimum atomic E-state index is -2.15. The summed E-state index contributed by atoms with van der Waals surface area (Å²) in [5.74, 6) is -2.21. The Morgan fingerprint density at radius 1 is 1.32 bits per heavy atom. The van der Waals surface area contributed by atoms with Gasteiger partial charge in [-0.05, 0) is 48.5 Å². The molecule has 4 atom stereocenters. The number of benzene rings is 1. The molecular weight excluding hydrogens is 490 g/mol. The average molecular weight is 514 g/mol. The lowest BCUT2D eigenvalue weighted by molar-refractivity contribution is -0.162. The fraction of sp³-hybridized carbons (Fsp3) is 0.350. The summed E-state index contributed by atoms with van der Waals surface area (Å²) in [5.41, 5.74) is 2.57. The van der Waals surface area contributed by atoms with Gasteiger partial charge in [0.25, 0.3) is 5.91 Å². The van der Waals surface area contributed by atoms with Crippen molar-refractivity contribution in [2.75, 3.05) is 13.2 Å². The van der Waals surface area contributed by atoms with Gasteiger partial charge in [-0.25, -0.2) is 15.0 Å². The first kappa shape index (κ1) is 27.1. The Hall–Kier alpha value is -3.13. The van der Waals surface area contributed by atoms with Crippen LogP contribution in [0, 0.1) is 0 Å². The topological polar surface area (TPSA) is 169 Å². The van der Waals surface area contributed by atoms with Gasteiger partial charge in [0, 0.05) is 17.1 Å². The molecule has 34 heavy (non-hydrogen) atoms. The van der Waals surface area contributed by atoms with Crippen molar-refractivity contribution in [1.29, 1.82) is 0 Å². The van der Waals surface area contributed by atoms with Gasteiger partial charge in [-0.2, -0.15) is 0 Å². The minimum Gasteiger partial charge on any atom is -0.595 e. The third-order valence-corrected chi connectivity index (χ3v) is 6.12. The Kier molecular flexibility index (Phi) is 9.86. The normalized spacial score (nSPS) is 18.7. The second kappa shape index (κ2) is 12.4. The predicted molar refractivity (Wildman–Crippen MR) is 122 cm³/mol. The molecule has 1 fully saturated rings. The standard InChI is InChI=1S/C20H24ClN5O7S/c1-4-22-20(31)24-25-34(32)18-15(23-10-27)17(29)26(18)16(11(2)3)19(30)33-9-14(28)12-5-7-13(21)8-6-12/h5-8,10,15-16,18,25H,2,4,9H2,1,3H3,(H,23,27)(H2,22,24,31). The number of ketones is 1. The first-order valence-corrected chi connectivity index (χ1v) is 11.5. The van der Waals surface area contributed by atoms with Crippen LogP contribution in [0.3, 0.4) is 0 Å². The summed E-state index contributed by atoms with van der Waals surface area (Å²) in [6, 6.07) is 2.65. The van der Waals surface area contributed by atoms with Gasteiger partial charge in [-0.1, -0.05) is 18.2 Å². The van der Waals surface area contributed by atoms with Crippen LogP contribution in [0.4, 0.5) is 4.79 Å². The molecule has 12 nitrogen and oxygen atoms in total. The van der Waals surface area contributed by atoms with E-state index in [9.17, 15) is 28.5 Å². The number of esters is 1. The number of hydrogen-bond acceptors (Lipinski definition) is 8. The van der Waals surface area contributed by atoms with Crippen LogP contribution in [-0.2, 0) is 30.5 Å². The van der Waals surface area contributed by atoms with Crippen molar-refractivity contribution in [1.82, 2.24) is 25.8 Å². The van der Waals surface area contributed by atoms with Crippen LogP contribution in [0.25, 0.3) is 0 Å². The van der Waals surface area contributed by atoms with E-state index in [0.29, 0.717) is 11.6 Å². The zero-order valence-electron chi connectivity index (χ0n) is 18.3. The Morgan fingerprint density at radius 3 is 2.53 bits per heavy atom. The molecule has 0 aliphatic carbocycles. The van der Waals surface area contributed by atoms with Crippen LogP contribution in [0.15, 0.2) is 36.4 Å². The highest BCUT2D eigenvalue weighted by molar-refractivity contribution is 7.90. The fourth-order valence-corrected chi connectivity index (χ4v) is 4.38. The summed E-state index contributed by atoms with van der Waals surface area (Å²) < 4.78 is 17.9. The molecule has 1 aromatic rings. The van der Waals surface area contributed by atoms with Gasteiger partial charge < -0.3 is 19.9 Å². The van der Waals surface area contributed by atoms with Gasteiger partial charge in [0.2, 0.25) is 11.8 Å². The SMILES string of the molecule is C=C(C)C(C(=O)OCC(=O)c1ccc(Cl)cc1)N1C(=O)C(NC=O)C1[S+]([O-])NNC(=O)NCC. The van der Waals surface area contributed by atoms with Crippen molar-refractivity contribution >= 4 is 53.1 Å². The number of carbonyl (C=O) groups excluding carboxylic acids is 5. The van der Waals surface area contributed by atoms with Crippen molar-refractivity contribution in [2.24, 2.45) is 0 Å². The van der Waals surface area contributed by atoms with Crippen molar-refractivity contribution in [2.45, 2.75) is 31.3 Å². The van der Waals surface area contributed by atoms with Gasteiger partial charge >= 0.3 is 12.0 Å². The summed E-state index contributed by atoms with van der Waals surface area (Å²) >= 11 is 3.64. The van der Waals surface area contributed by atoms with E-state index in [1.807, 2.05) is 0 Å². The summed E-state index contributed by atoms with van der Waals surface area (Å²) in [6.45, 7) is 6.50. The van der Waals surface area contributed by atoms with Gasteiger partial charge in [-0.15, -0.1) is 0 Å². The Balaban J connectivity index is 2.14. The van der Waals surface area contributed by atoms with Crippen LogP contribution < -0.4 is 20.9 Å². The van der Waals surface area contributed by atoms with Crippen molar-refractivity contribution in [3.8, 4) is 0 Å². The van der Waals surface area contributed by atoms with Gasteiger partial charge in [0.15, 0.2) is 24.5 Å². The van der Waals surface area contributed by atoms with E-state index < -0.39 is 59.1 Å². The number of likely N-dealkylation sites (tertiary alicyclic amines) is 1. The molecule has 2 rings (SSSR count). The van der Waals surface area contributed by atoms with Gasteiger partial charge in [-0.3, -0.25) is 19.3 Å². The first-order valence-electron chi connectivity index (χ1n) is 9.95. The molecule has 0 radical (unpaired) electrons. The largest absolute Gasteiger partial charge is 0.595 e. The number of β-lactam (4-membered cyclic amide) rings is 1. The van der Waals surface area contributed by atoms with Crippen LogP contribution in [-0.4, -0.2) is 70.2 Å². The van der Waals surface area contributed by atoms with Crippen LogP contribution in [0.2, 0.25) is 5.02 Å². The highest BCUT2D eigenvalue weighted by Crippen LogP contribution is 2.30. The van der Waals surface area contributed by atoms with E-state index >= 15 is 0 Å². The van der Waals surface area contributed by atoms with E-state index in [1.54, 1.807) is 6.92 Å². The maximum absolute atomic E-state index is 12.8. The highest BCUT2D eigenvalue weighted by atomic mass is 35.5. The Labute approximate surface area is 203 Å². The number of hydrogen-bond donors (Lipinski definition) is 4. The highest BCUT2D eigenvalue weighted by Gasteiger charge is 2.60. The molecule has 4 unspecified atom stereocenters. The molecule has 0 aromatic heterocycles. The van der Waals surface area contributed by atoms with E-state index in [1.165, 1.54) is 31.2 Å². The summed E-state index contributed by atoms with van der Waals surface area (Å²) in [7, 11) is 0.